The molecule has 1 fully saturated rings. The van der Waals surface area contributed by atoms with Crippen molar-refractivity contribution in [3.05, 3.63) is 118 Å². The summed E-state index contributed by atoms with van der Waals surface area (Å²) in [5.74, 6) is -0.291. The van der Waals surface area contributed by atoms with Crippen molar-refractivity contribution in [3.8, 4) is 0 Å². The van der Waals surface area contributed by atoms with Crippen LogP contribution >= 0.6 is 11.6 Å². The van der Waals surface area contributed by atoms with Crippen LogP contribution in [0.1, 0.15) is 82.6 Å². The fourth-order valence-corrected chi connectivity index (χ4v) is 7.09. The van der Waals surface area contributed by atoms with Gasteiger partial charge in [0.25, 0.3) is 0 Å². The van der Waals surface area contributed by atoms with Crippen molar-refractivity contribution in [2.24, 2.45) is 0 Å². The summed E-state index contributed by atoms with van der Waals surface area (Å²) in [6, 6.07) is 24.3. The maximum absolute atomic E-state index is 12.0. The van der Waals surface area contributed by atoms with E-state index in [1.165, 1.54) is 16.8 Å². The van der Waals surface area contributed by atoms with Gasteiger partial charge < -0.3 is 19.1 Å². The molecule has 2 aliphatic rings. The maximum Gasteiger partial charge on any atom is 0.485 e. The number of esters is 1. The Kier molecular flexibility index (Phi) is 14.9. The molecule has 55 heavy (non-hydrogen) atoms. The van der Waals surface area contributed by atoms with Gasteiger partial charge in [-0.1, -0.05) is 54.6 Å². The maximum atomic E-state index is 12.0. The Morgan fingerprint density at radius 1 is 0.873 bits per heavy atom. The van der Waals surface area contributed by atoms with Gasteiger partial charge in [-0.2, -0.15) is 13.2 Å². The van der Waals surface area contributed by atoms with Crippen LogP contribution < -0.4 is 14.8 Å². The molecule has 0 radical (unpaired) electrons. The summed E-state index contributed by atoms with van der Waals surface area (Å²) in [6.07, 6.45) is 7.98. The molecule has 8 nitrogen and oxygen atoms in total. The number of hydrogen-bond donors (Lipinski definition) is 1. The van der Waals surface area contributed by atoms with E-state index in [2.05, 4.69) is 128 Å². The number of benzene rings is 3. The molecule has 0 bridgehead atoms. The van der Waals surface area contributed by atoms with Gasteiger partial charge in [0, 0.05) is 67.6 Å². The van der Waals surface area contributed by atoms with E-state index in [9.17, 15) is 18.0 Å². The second-order valence-corrected chi connectivity index (χ2v) is 15.1. The fourth-order valence-electron chi connectivity index (χ4n) is 6.82. The fraction of sp³-hybridized carbons (Fsp3) is 0.381. The quantitative estimate of drug-likeness (QED) is 0.0911. The van der Waals surface area contributed by atoms with Gasteiger partial charge in [-0.05, 0) is 106 Å². The highest BCUT2D eigenvalue weighted by Crippen LogP contribution is 2.41. The highest BCUT2D eigenvalue weighted by Gasteiger charge is 2.37. The van der Waals surface area contributed by atoms with Crippen molar-refractivity contribution < 1.29 is 40.7 Å². The third-order valence-corrected chi connectivity index (χ3v) is 10.6. The molecule has 5 rings (SSSR count). The number of alkyl halides is 3. The summed E-state index contributed by atoms with van der Waals surface area (Å²) in [5, 5.41) is 0.743. The molecule has 3 aromatic rings. The Hall–Kier alpha value is -4.39. The van der Waals surface area contributed by atoms with Gasteiger partial charge in [-0.3, -0.25) is 0 Å². The van der Waals surface area contributed by atoms with Crippen molar-refractivity contribution in [2.45, 2.75) is 78.0 Å². The monoisotopic (exact) mass is 799 g/mol. The molecule has 1 N–H and O–H groups in total. The topological polar surface area (TPSA) is 104 Å². The lowest BCUT2D eigenvalue weighted by molar-refractivity contribution is -0.507. The van der Waals surface area contributed by atoms with Crippen LogP contribution in [0.25, 0.3) is 11.1 Å². The highest BCUT2D eigenvalue weighted by atomic mass is 35.5. The van der Waals surface area contributed by atoms with Gasteiger partial charge in [0.2, 0.25) is 5.71 Å². The number of carbonyl (C=O) groups excluding carboxylic acids is 1. The summed E-state index contributed by atoms with van der Waals surface area (Å²) in [4.78, 5) is 20.6. The van der Waals surface area contributed by atoms with E-state index in [1.807, 2.05) is 0 Å². The molecule has 0 spiro atoms. The molecular weight excluding hydrogens is 751 g/mol. The number of carbonyl (C=O) groups is 1. The molecular formula is C42H49ClF3N3O5S. The number of rotatable bonds is 11. The Morgan fingerprint density at radius 3 is 1.91 bits per heavy atom. The predicted molar refractivity (Wildman–Crippen MR) is 214 cm³/mol. The number of allylic oxidation sites excluding steroid dienone is 3. The van der Waals surface area contributed by atoms with E-state index < -0.39 is 15.6 Å². The zero-order valence-corrected chi connectivity index (χ0v) is 33.5. The average molecular weight is 800 g/mol. The van der Waals surface area contributed by atoms with Crippen molar-refractivity contribution in [1.82, 2.24) is 0 Å². The number of nitrogens with zero attached hydrogens (tertiary/aromatic N) is 2. The highest BCUT2D eigenvalue weighted by molar-refractivity contribution is 7.86. The Bertz CT molecular complexity index is 2030. The third-order valence-electron chi connectivity index (χ3n) is 9.77. The summed E-state index contributed by atoms with van der Waals surface area (Å²) in [5.41, 5.74) is 5.04. The number of nitrogens with one attached hydrogen (secondary N) is 1. The molecule has 3 aromatic carbocycles. The Morgan fingerprint density at radius 2 is 1.40 bits per heavy atom. The Labute approximate surface area is 327 Å². The first-order chi connectivity index (χ1) is 26.0. The van der Waals surface area contributed by atoms with E-state index in [0.717, 1.165) is 90.6 Å². The average Bonchev–Trinajstić information content (AvgIpc) is 3.15. The number of hydrogen-bond acceptors (Lipinski definition) is 7. The second-order valence-electron chi connectivity index (χ2n) is 13.3. The summed E-state index contributed by atoms with van der Waals surface area (Å²) in [7, 11) is -6.09. The number of halogens is 4. The van der Waals surface area contributed by atoms with Crippen LogP contribution in [-0.4, -0.2) is 68.5 Å². The second kappa shape index (κ2) is 19.0. The molecule has 1 saturated carbocycles. The van der Waals surface area contributed by atoms with Crippen LogP contribution in [0.2, 0.25) is 5.02 Å². The van der Waals surface area contributed by atoms with Crippen LogP contribution in [0, 0.1) is 0 Å². The number of ether oxygens (including phenoxy) is 1. The lowest BCUT2D eigenvalue weighted by Crippen LogP contribution is -2.80. The molecule has 296 valence electrons. The molecule has 0 amide bonds. The van der Waals surface area contributed by atoms with Gasteiger partial charge in [0.1, 0.15) is 6.10 Å². The van der Waals surface area contributed by atoms with Gasteiger partial charge in [0.15, 0.2) is 16.2 Å². The minimum atomic E-state index is -6.09. The summed E-state index contributed by atoms with van der Waals surface area (Å²) < 4.78 is 64.5. The molecule has 0 saturated heterocycles. The largest absolute Gasteiger partial charge is 0.741 e. The first-order valence-corrected chi connectivity index (χ1v) is 20.3. The molecule has 0 atom stereocenters. The van der Waals surface area contributed by atoms with E-state index in [-0.39, 0.29) is 12.1 Å². The van der Waals surface area contributed by atoms with Gasteiger partial charge in [-0.25, -0.2) is 18.2 Å². The van der Waals surface area contributed by atoms with Crippen LogP contribution in [-0.2, 0) is 19.6 Å². The SMILES string of the molecule is C=C(C)C(=O)OC1CCC([NH+]=C2C=CC(=C(c3ccc(N(CC)CC)cc3)c3ccc(N(CC)CC)cc3Cl)c3ccccc32)CC1.O=S(=O)([O-])C(F)(F)F. The van der Waals surface area contributed by atoms with E-state index in [0.29, 0.717) is 11.6 Å². The van der Waals surface area contributed by atoms with Crippen molar-refractivity contribution >= 4 is 55.9 Å². The molecule has 0 heterocycles. The molecule has 0 aromatic heterocycles. The standard InChI is InChI=1S/C41H48ClN3O2.CHF3O3S/c1-7-44(8-2)31-19-15-29(16-20-31)40(37-24-21-32(27-38(37)42)45(9-3)10-4)36-25-26-39(35-14-12-11-13-34(35)36)43-30-17-22-33(23-18-30)47-41(46)28(5)6;2-1(3,4)8(5,6)7/h11-16,19-21,24-27,30,33H,5,7-10,17-18,22-23H2,1-4,6H3;(H,5,6,7). The first kappa shape index (κ1) is 43.3. The smallest absolute Gasteiger partial charge is 0.485 e. The van der Waals surface area contributed by atoms with Crippen LogP contribution in [0.4, 0.5) is 24.5 Å². The zero-order valence-electron chi connectivity index (χ0n) is 31.9. The van der Waals surface area contributed by atoms with Gasteiger partial charge >= 0.3 is 11.5 Å². The molecule has 0 unspecified atom stereocenters. The molecule has 0 aliphatic heterocycles. The predicted octanol–water partition coefficient (Wildman–Crippen LogP) is 7.91. The summed E-state index contributed by atoms with van der Waals surface area (Å²) in [6.45, 7) is 17.9. The normalized spacial score (nSPS) is 18.5. The Balaban J connectivity index is 0.000000757. The minimum absolute atomic E-state index is 0.0421. The van der Waals surface area contributed by atoms with E-state index >= 15 is 0 Å². The summed E-state index contributed by atoms with van der Waals surface area (Å²) >= 11 is 7.18. The van der Waals surface area contributed by atoms with Crippen LogP contribution in [0.5, 0.6) is 0 Å². The van der Waals surface area contributed by atoms with E-state index in [4.69, 9.17) is 29.3 Å². The van der Waals surface area contributed by atoms with Gasteiger partial charge in [-0.15, -0.1) is 0 Å². The first-order valence-electron chi connectivity index (χ1n) is 18.5. The lowest BCUT2D eigenvalue weighted by atomic mass is 9.83. The number of fused-ring (bicyclic) bond motifs is 1. The van der Waals surface area contributed by atoms with Crippen LogP contribution in [0.15, 0.2) is 91.0 Å². The van der Waals surface area contributed by atoms with Crippen LogP contribution in [0.3, 0.4) is 0 Å². The molecule has 2 aliphatic carbocycles. The zero-order chi connectivity index (χ0) is 40.5. The van der Waals surface area contributed by atoms with E-state index in [1.54, 1.807) is 6.92 Å². The lowest BCUT2D eigenvalue weighted by Gasteiger charge is -2.25. The van der Waals surface area contributed by atoms with Gasteiger partial charge in [0.05, 0.1) is 10.6 Å². The van der Waals surface area contributed by atoms with Crippen molar-refractivity contribution in [2.75, 3.05) is 36.0 Å². The number of anilines is 2. The molecule has 13 heteroatoms. The van der Waals surface area contributed by atoms with Crippen molar-refractivity contribution in [1.29, 1.82) is 0 Å². The van der Waals surface area contributed by atoms with Crippen molar-refractivity contribution in [3.63, 3.8) is 0 Å². The minimum Gasteiger partial charge on any atom is -0.741 e. The third kappa shape index (κ3) is 10.9.